The molecule has 1 aliphatic rings. The molecule has 2 aromatic heterocycles. The number of benzene rings is 2. The second-order valence-electron chi connectivity index (χ2n) is 7.79. The molecule has 1 saturated heterocycles. The highest BCUT2D eigenvalue weighted by atomic mass is 16.5. The van der Waals surface area contributed by atoms with E-state index < -0.39 is 17.7 Å². The van der Waals surface area contributed by atoms with Crippen molar-refractivity contribution in [1.82, 2.24) is 4.98 Å². The number of ketones is 1. The van der Waals surface area contributed by atoms with E-state index in [1.54, 1.807) is 49.5 Å². The Balaban J connectivity index is 1.69. The van der Waals surface area contributed by atoms with Gasteiger partial charge < -0.3 is 19.2 Å². The summed E-state index contributed by atoms with van der Waals surface area (Å²) in [6.07, 6.45) is 1.63. The molecule has 166 valence electrons. The number of nitrogens with zero attached hydrogens (tertiary/aromatic N) is 1. The van der Waals surface area contributed by atoms with Crippen molar-refractivity contribution in [2.45, 2.75) is 19.9 Å². The Kier molecular flexibility index (Phi) is 5.01. The molecule has 0 spiro atoms. The molecule has 33 heavy (non-hydrogen) atoms. The van der Waals surface area contributed by atoms with Crippen molar-refractivity contribution in [3.8, 4) is 5.75 Å². The Morgan fingerprint density at radius 1 is 1.09 bits per heavy atom. The van der Waals surface area contributed by atoms with Gasteiger partial charge in [-0.25, -0.2) is 0 Å². The number of nitrogens with one attached hydrogen (secondary N) is 1. The van der Waals surface area contributed by atoms with Crippen LogP contribution >= 0.6 is 0 Å². The number of H-pyrrole nitrogens is 1. The largest absolute Gasteiger partial charge is 0.507 e. The fraction of sp³-hybridized carbons (Fsp3) is 0.154. The van der Waals surface area contributed by atoms with Gasteiger partial charge in [-0.2, -0.15) is 0 Å². The summed E-state index contributed by atoms with van der Waals surface area (Å²) < 4.78 is 11.3. The van der Waals surface area contributed by atoms with Crippen molar-refractivity contribution in [3.05, 3.63) is 89.5 Å². The van der Waals surface area contributed by atoms with Gasteiger partial charge in [-0.3, -0.25) is 14.5 Å². The van der Waals surface area contributed by atoms with Crippen LogP contribution in [0.1, 0.15) is 30.0 Å². The van der Waals surface area contributed by atoms with Gasteiger partial charge in [0, 0.05) is 28.4 Å². The molecule has 2 aromatic carbocycles. The molecule has 0 bridgehead atoms. The summed E-state index contributed by atoms with van der Waals surface area (Å²) in [5, 5.41) is 12.1. The maximum Gasteiger partial charge on any atom is 0.300 e. The van der Waals surface area contributed by atoms with Crippen LogP contribution in [-0.2, 0) is 9.59 Å². The lowest BCUT2D eigenvalue weighted by atomic mass is 9.99. The summed E-state index contributed by atoms with van der Waals surface area (Å²) in [6, 6.07) is 16.9. The van der Waals surface area contributed by atoms with Crippen LogP contribution in [0.4, 0.5) is 5.69 Å². The number of amides is 1. The second-order valence-corrected chi connectivity index (χ2v) is 7.79. The maximum absolute atomic E-state index is 13.2. The number of ether oxygens (including phenoxy) is 1. The first-order valence-electron chi connectivity index (χ1n) is 10.7. The SMILES string of the molecule is CCOc1ccc(N2C(=O)C(=O)/C(=C(\O)c3c[nH]c4ccccc34)C2c2ccc(C)o2)cc1. The van der Waals surface area contributed by atoms with Gasteiger partial charge >= 0.3 is 0 Å². The summed E-state index contributed by atoms with van der Waals surface area (Å²) >= 11 is 0. The topological polar surface area (TPSA) is 95.8 Å². The number of aromatic nitrogens is 1. The molecule has 3 heterocycles. The minimum atomic E-state index is -0.912. The molecule has 1 aliphatic heterocycles. The Bertz CT molecular complexity index is 1390. The highest BCUT2D eigenvalue weighted by Crippen LogP contribution is 2.43. The molecule has 2 N–H and O–H groups in total. The molecule has 5 rings (SSSR count). The van der Waals surface area contributed by atoms with Crippen molar-refractivity contribution >= 4 is 34.0 Å². The van der Waals surface area contributed by atoms with Gasteiger partial charge in [-0.1, -0.05) is 18.2 Å². The number of furan rings is 1. The third-order valence-corrected chi connectivity index (χ3v) is 5.75. The number of hydrogen-bond donors (Lipinski definition) is 2. The smallest absolute Gasteiger partial charge is 0.300 e. The van der Waals surface area contributed by atoms with E-state index in [1.165, 1.54) is 4.90 Å². The fourth-order valence-corrected chi connectivity index (χ4v) is 4.25. The third-order valence-electron chi connectivity index (χ3n) is 5.75. The lowest BCUT2D eigenvalue weighted by molar-refractivity contribution is -0.132. The average Bonchev–Trinajstić information content (AvgIpc) is 3.51. The standard InChI is InChI=1S/C26H22N2O5/c1-3-32-17-11-9-16(10-12-17)28-23(21-13-8-15(2)33-21)22(25(30)26(28)31)24(29)19-14-27-20-7-5-4-6-18(19)20/h4-14,23,27,29H,3H2,1-2H3/b24-22-. The Hall–Kier alpha value is -4.26. The Morgan fingerprint density at radius 2 is 1.85 bits per heavy atom. The van der Waals surface area contributed by atoms with E-state index in [4.69, 9.17) is 9.15 Å². The highest BCUT2D eigenvalue weighted by Gasteiger charge is 2.48. The zero-order chi connectivity index (χ0) is 23.1. The summed E-state index contributed by atoms with van der Waals surface area (Å²) in [6.45, 7) is 4.18. The quantitative estimate of drug-likeness (QED) is 0.255. The summed E-state index contributed by atoms with van der Waals surface area (Å²) in [5.41, 5.74) is 1.74. The van der Waals surface area contributed by atoms with Crippen LogP contribution in [0, 0.1) is 6.92 Å². The third kappa shape index (κ3) is 3.38. The van der Waals surface area contributed by atoms with Crippen molar-refractivity contribution < 1.29 is 23.8 Å². The lowest BCUT2D eigenvalue weighted by Gasteiger charge is -2.23. The maximum atomic E-state index is 13.2. The van der Waals surface area contributed by atoms with Crippen LogP contribution in [0.5, 0.6) is 5.75 Å². The predicted octanol–water partition coefficient (Wildman–Crippen LogP) is 5.09. The first-order chi connectivity index (χ1) is 16.0. The van der Waals surface area contributed by atoms with Gasteiger partial charge in [0.1, 0.15) is 29.1 Å². The van der Waals surface area contributed by atoms with Crippen LogP contribution in [-0.4, -0.2) is 28.4 Å². The molecule has 4 aromatic rings. The molecule has 7 heteroatoms. The average molecular weight is 442 g/mol. The molecule has 1 amide bonds. The highest BCUT2D eigenvalue weighted by molar-refractivity contribution is 6.51. The second kappa shape index (κ2) is 8.02. The predicted molar refractivity (Wildman–Crippen MR) is 124 cm³/mol. The number of aliphatic hydroxyl groups is 1. The summed E-state index contributed by atoms with van der Waals surface area (Å²) in [5.74, 6) is -0.0815. The fourth-order valence-electron chi connectivity index (χ4n) is 4.25. The van der Waals surface area contributed by atoms with Crippen molar-refractivity contribution in [3.63, 3.8) is 0 Å². The zero-order valence-corrected chi connectivity index (χ0v) is 18.2. The van der Waals surface area contributed by atoms with Gasteiger partial charge in [-0.15, -0.1) is 0 Å². The number of carbonyl (C=O) groups is 2. The van der Waals surface area contributed by atoms with Gasteiger partial charge in [0.2, 0.25) is 0 Å². The number of anilines is 1. The van der Waals surface area contributed by atoms with Crippen molar-refractivity contribution in [2.24, 2.45) is 0 Å². The van der Waals surface area contributed by atoms with Gasteiger partial charge in [-0.05, 0) is 56.3 Å². The molecular formula is C26H22N2O5. The number of aryl methyl sites for hydroxylation is 1. The summed E-state index contributed by atoms with van der Waals surface area (Å²) in [7, 11) is 0. The number of para-hydroxylation sites is 1. The first-order valence-corrected chi connectivity index (χ1v) is 10.7. The van der Waals surface area contributed by atoms with Gasteiger partial charge in [0.25, 0.3) is 11.7 Å². The number of rotatable bonds is 5. The van der Waals surface area contributed by atoms with Crippen LogP contribution in [0.2, 0.25) is 0 Å². The minimum Gasteiger partial charge on any atom is -0.507 e. The van der Waals surface area contributed by atoms with Crippen LogP contribution in [0.15, 0.2) is 76.9 Å². The molecule has 7 nitrogen and oxygen atoms in total. The lowest BCUT2D eigenvalue weighted by Crippen LogP contribution is -2.29. The molecule has 0 radical (unpaired) electrons. The molecular weight excluding hydrogens is 420 g/mol. The van der Waals surface area contributed by atoms with Crippen molar-refractivity contribution in [1.29, 1.82) is 0 Å². The Morgan fingerprint density at radius 3 is 2.55 bits per heavy atom. The number of hydrogen-bond acceptors (Lipinski definition) is 5. The van der Waals surface area contributed by atoms with E-state index in [0.717, 1.165) is 10.9 Å². The Labute approximate surface area is 189 Å². The van der Waals surface area contributed by atoms with Crippen molar-refractivity contribution in [2.75, 3.05) is 11.5 Å². The van der Waals surface area contributed by atoms with Gasteiger partial charge in [0.05, 0.1) is 12.2 Å². The molecule has 0 aliphatic carbocycles. The van der Waals surface area contributed by atoms with Crippen LogP contribution < -0.4 is 9.64 Å². The summed E-state index contributed by atoms with van der Waals surface area (Å²) in [4.78, 5) is 30.9. The van der Waals surface area contributed by atoms with E-state index in [1.807, 2.05) is 31.2 Å². The zero-order valence-electron chi connectivity index (χ0n) is 18.2. The normalized spacial score (nSPS) is 17.8. The van der Waals surface area contributed by atoms with E-state index in [-0.39, 0.29) is 11.3 Å². The molecule has 1 unspecified atom stereocenters. The number of aromatic amines is 1. The van der Waals surface area contributed by atoms with E-state index >= 15 is 0 Å². The first kappa shape index (κ1) is 20.6. The van der Waals surface area contributed by atoms with Gasteiger partial charge in [0.15, 0.2) is 0 Å². The molecule has 1 fully saturated rings. The number of Topliss-reactive ketones (excluding diaryl/α,β-unsaturated/α-hetero) is 1. The molecule has 1 atom stereocenters. The number of fused-ring (bicyclic) bond motifs is 1. The van der Waals surface area contributed by atoms with Crippen LogP contribution in [0.25, 0.3) is 16.7 Å². The van der Waals surface area contributed by atoms with E-state index in [2.05, 4.69) is 4.98 Å². The molecule has 0 saturated carbocycles. The van der Waals surface area contributed by atoms with E-state index in [9.17, 15) is 14.7 Å². The van der Waals surface area contributed by atoms with E-state index in [0.29, 0.717) is 35.1 Å². The van der Waals surface area contributed by atoms with Crippen LogP contribution in [0.3, 0.4) is 0 Å². The monoisotopic (exact) mass is 442 g/mol. The number of aliphatic hydroxyl groups excluding tert-OH is 1. The minimum absolute atomic E-state index is 0.0204. The number of carbonyl (C=O) groups excluding carboxylic acids is 2.